The Morgan fingerprint density at radius 2 is 2.10 bits per heavy atom. The van der Waals surface area contributed by atoms with Crippen LogP contribution >= 0.6 is 0 Å². The van der Waals surface area contributed by atoms with Gasteiger partial charge in [-0.3, -0.25) is 9.78 Å². The third kappa shape index (κ3) is 5.59. The summed E-state index contributed by atoms with van der Waals surface area (Å²) in [6.07, 6.45) is 1.43. The number of hydrogen-bond acceptors (Lipinski definition) is 8. The van der Waals surface area contributed by atoms with E-state index in [1.165, 1.54) is 12.3 Å². The van der Waals surface area contributed by atoms with Gasteiger partial charge in [-0.2, -0.15) is 4.98 Å². The first kappa shape index (κ1) is 22.3. The van der Waals surface area contributed by atoms with Gasteiger partial charge in [0.15, 0.2) is 11.6 Å². The summed E-state index contributed by atoms with van der Waals surface area (Å²) in [6.45, 7) is 2.33. The van der Waals surface area contributed by atoms with Crippen molar-refractivity contribution in [2.24, 2.45) is 0 Å². The van der Waals surface area contributed by atoms with Crippen molar-refractivity contribution in [2.75, 3.05) is 18.6 Å². The highest BCUT2D eigenvalue weighted by atomic mass is 32.2. The molecule has 1 aliphatic rings. The number of aryl methyl sites for hydroxylation is 1. The molecule has 1 fully saturated rings. The summed E-state index contributed by atoms with van der Waals surface area (Å²) in [5, 5.41) is 3.80. The summed E-state index contributed by atoms with van der Waals surface area (Å²) < 4.78 is 59.3. The number of ketones is 1. The maximum Gasteiger partial charge on any atom is 0.272 e. The summed E-state index contributed by atoms with van der Waals surface area (Å²) in [5.41, 5.74) is -0.549. The summed E-state index contributed by atoms with van der Waals surface area (Å²) in [5.74, 6) is -0.120. The van der Waals surface area contributed by atoms with Crippen LogP contribution in [0.4, 0.5) is 8.78 Å². The Kier molecular flexibility index (Phi) is 6.21. The van der Waals surface area contributed by atoms with E-state index in [-0.39, 0.29) is 41.3 Å². The molecule has 2 heterocycles. The Labute approximate surface area is 172 Å². The van der Waals surface area contributed by atoms with Crippen molar-refractivity contribution >= 4 is 15.6 Å². The second kappa shape index (κ2) is 8.37. The standard InChI is InChI=1S/C19H23F2N3O5S/c1-11-23-18(24-29-11)19(2,10-30(3,26)27)7-15(25)14-6-16(28-9-17(20)21)13(8-22-14)12-4-5-12/h6,8,12,17H,4-5,7,9-10H2,1-3H3. The van der Waals surface area contributed by atoms with Crippen molar-refractivity contribution in [2.45, 2.75) is 50.9 Å². The zero-order valence-corrected chi connectivity index (χ0v) is 17.7. The first-order chi connectivity index (χ1) is 14.0. The molecule has 3 rings (SSSR count). The monoisotopic (exact) mass is 443 g/mol. The van der Waals surface area contributed by atoms with E-state index in [1.54, 1.807) is 13.8 Å². The predicted molar refractivity (Wildman–Crippen MR) is 103 cm³/mol. The van der Waals surface area contributed by atoms with Gasteiger partial charge in [0.05, 0.1) is 11.2 Å². The highest BCUT2D eigenvalue weighted by molar-refractivity contribution is 7.90. The van der Waals surface area contributed by atoms with E-state index in [0.717, 1.165) is 19.1 Å². The van der Waals surface area contributed by atoms with Crippen LogP contribution in [0.2, 0.25) is 0 Å². The van der Waals surface area contributed by atoms with Crippen LogP contribution in [0.15, 0.2) is 16.8 Å². The van der Waals surface area contributed by atoms with Gasteiger partial charge in [-0.25, -0.2) is 17.2 Å². The van der Waals surface area contributed by atoms with Gasteiger partial charge in [0.25, 0.3) is 6.43 Å². The molecule has 11 heteroatoms. The van der Waals surface area contributed by atoms with Crippen molar-refractivity contribution in [3.8, 4) is 5.75 Å². The molecule has 0 saturated heterocycles. The number of ether oxygens (including phenoxy) is 1. The molecule has 1 aliphatic carbocycles. The Morgan fingerprint density at radius 1 is 1.40 bits per heavy atom. The lowest BCUT2D eigenvalue weighted by atomic mass is 9.85. The third-order valence-electron chi connectivity index (χ3n) is 4.76. The molecule has 0 aliphatic heterocycles. The van der Waals surface area contributed by atoms with Crippen molar-refractivity contribution in [3.05, 3.63) is 35.2 Å². The first-order valence-electron chi connectivity index (χ1n) is 9.39. The van der Waals surface area contributed by atoms with Gasteiger partial charge in [-0.1, -0.05) is 12.1 Å². The van der Waals surface area contributed by atoms with Crippen LogP contribution in [0, 0.1) is 6.92 Å². The Morgan fingerprint density at radius 3 is 2.63 bits per heavy atom. The smallest absolute Gasteiger partial charge is 0.272 e. The van der Waals surface area contributed by atoms with E-state index in [1.807, 2.05) is 0 Å². The minimum atomic E-state index is -3.49. The minimum absolute atomic E-state index is 0.00334. The van der Waals surface area contributed by atoms with Crippen LogP contribution in [0.1, 0.15) is 59.9 Å². The number of alkyl halides is 2. The molecule has 30 heavy (non-hydrogen) atoms. The maximum absolute atomic E-state index is 13.0. The van der Waals surface area contributed by atoms with Crippen LogP contribution in [0.25, 0.3) is 0 Å². The number of hydrogen-bond donors (Lipinski definition) is 0. The summed E-state index contributed by atoms with van der Waals surface area (Å²) in [6, 6.07) is 1.35. The minimum Gasteiger partial charge on any atom is -0.487 e. The molecule has 0 spiro atoms. The number of carbonyl (C=O) groups is 1. The number of carbonyl (C=O) groups excluding carboxylic acids is 1. The number of nitrogens with zero attached hydrogens (tertiary/aromatic N) is 3. The molecule has 1 atom stereocenters. The molecule has 0 radical (unpaired) electrons. The molecule has 1 saturated carbocycles. The second-order valence-corrected chi connectivity index (χ2v) is 10.1. The van der Waals surface area contributed by atoms with Gasteiger partial charge >= 0.3 is 0 Å². The van der Waals surface area contributed by atoms with Crippen LogP contribution in [0.5, 0.6) is 5.75 Å². The zero-order chi connectivity index (χ0) is 22.1. The van der Waals surface area contributed by atoms with Crippen LogP contribution < -0.4 is 4.74 Å². The second-order valence-electron chi connectivity index (χ2n) is 7.95. The highest BCUT2D eigenvalue weighted by Crippen LogP contribution is 2.44. The van der Waals surface area contributed by atoms with E-state index in [0.29, 0.717) is 5.56 Å². The number of halogens is 2. The van der Waals surface area contributed by atoms with Gasteiger partial charge in [0.2, 0.25) is 5.89 Å². The fourth-order valence-corrected chi connectivity index (χ4v) is 4.73. The Balaban J connectivity index is 1.89. The summed E-state index contributed by atoms with van der Waals surface area (Å²) >= 11 is 0. The normalized spacial score (nSPS) is 16.5. The van der Waals surface area contributed by atoms with Gasteiger partial charge in [0, 0.05) is 37.4 Å². The molecule has 2 aromatic heterocycles. The van der Waals surface area contributed by atoms with E-state index in [9.17, 15) is 22.0 Å². The molecule has 8 nitrogen and oxygen atoms in total. The predicted octanol–water partition coefficient (Wildman–Crippen LogP) is 2.87. The molecular weight excluding hydrogens is 420 g/mol. The van der Waals surface area contributed by atoms with Crippen LogP contribution in [-0.2, 0) is 15.3 Å². The Bertz CT molecular complexity index is 1040. The zero-order valence-electron chi connectivity index (χ0n) is 16.9. The lowest BCUT2D eigenvalue weighted by Gasteiger charge is -2.24. The van der Waals surface area contributed by atoms with Crippen LogP contribution in [0.3, 0.4) is 0 Å². The summed E-state index contributed by atoms with van der Waals surface area (Å²) in [7, 11) is -3.49. The van der Waals surface area contributed by atoms with Crippen molar-refractivity contribution < 1.29 is 31.3 Å². The average Bonchev–Trinajstić information content (AvgIpc) is 3.38. The summed E-state index contributed by atoms with van der Waals surface area (Å²) in [4.78, 5) is 21.2. The lowest BCUT2D eigenvalue weighted by Crippen LogP contribution is -2.35. The average molecular weight is 443 g/mol. The van der Waals surface area contributed by atoms with Gasteiger partial charge in [-0.15, -0.1) is 0 Å². The molecule has 0 amide bonds. The van der Waals surface area contributed by atoms with E-state index < -0.39 is 34.1 Å². The fourth-order valence-electron chi connectivity index (χ4n) is 3.34. The van der Waals surface area contributed by atoms with Crippen molar-refractivity contribution in [3.63, 3.8) is 0 Å². The van der Waals surface area contributed by atoms with E-state index >= 15 is 0 Å². The molecule has 0 bridgehead atoms. The molecule has 0 aromatic carbocycles. The quantitative estimate of drug-likeness (QED) is 0.515. The number of Topliss-reactive ketones (excluding diaryl/α,β-unsaturated/α-hetero) is 1. The molecule has 1 unspecified atom stereocenters. The highest BCUT2D eigenvalue weighted by Gasteiger charge is 2.38. The van der Waals surface area contributed by atoms with Crippen molar-refractivity contribution in [1.82, 2.24) is 15.1 Å². The number of sulfone groups is 1. The first-order valence-corrected chi connectivity index (χ1v) is 11.5. The van der Waals surface area contributed by atoms with Crippen molar-refractivity contribution in [1.29, 1.82) is 0 Å². The molecule has 164 valence electrons. The van der Waals surface area contributed by atoms with Gasteiger partial charge < -0.3 is 9.26 Å². The van der Waals surface area contributed by atoms with E-state index in [2.05, 4.69) is 15.1 Å². The van der Waals surface area contributed by atoms with E-state index in [4.69, 9.17) is 9.26 Å². The van der Waals surface area contributed by atoms with Gasteiger partial charge in [0.1, 0.15) is 27.9 Å². The maximum atomic E-state index is 13.0. The molecule has 0 N–H and O–H groups in total. The van der Waals surface area contributed by atoms with Gasteiger partial charge in [-0.05, 0) is 18.8 Å². The number of aromatic nitrogens is 3. The fraction of sp³-hybridized carbons (Fsp3) is 0.579. The third-order valence-corrected chi connectivity index (χ3v) is 5.92. The molecular formula is C19H23F2N3O5S. The number of rotatable bonds is 10. The van der Waals surface area contributed by atoms with Crippen LogP contribution in [-0.4, -0.2) is 54.4 Å². The molecule has 2 aromatic rings. The number of pyridine rings is 1. The lowest BCUT2D eigenvalue weighted by molar-refractivity contribution is 0.0812. The Hall–Kier alpha value is -2.43. The SMILES string of the molecule is Cc1nc(C(C)(CC(=O)c2cc(OCC(F)F)c(C3CC3)cn2)CS(C)(=O)=O)no1. The topological polar surface area (TPSA) is 112 Å². The largest absolute Gasteiger partial charge is 0.487 e.